The molecule has 9 nitrogen and oxygen atoms in total. The molecule has 38 heavy (non-hydrogen) atoms. The highest BCUT2D eigenvalue weighted by Crippen LogP contribution is 2.37. The molecule has 2 amide bonds. The zero-order chi connectivity index (χ0) is 26.5. The van der Waals surface area contributed by atoms with Gasteiger partial charge in [-0.05, 0) is 54.9 Å². The average Bonchev–Trinajstić information content (AvgIpc) is 3.37. The monoisotopic (exact) mass is 533 g/mol. The summed E-state index contributed by atoms with van der Waals surface area (Å²) in [7, 11) is 0. The number of para-hydroxylation sites is 1. The van der Waals surface area contributed by atoms with Gasteiger partial charge in [-0.2, -0.15) is 0 Å². The second-order valence-corrected chi connectivity index (χ2v) is 10.8. The molecule has 2 aromatic heterocycles. The standard InChI is InChI=1S/C28H31N5O4S/c34-26-9-8-20(15-27(35)36)21-5-1-2-6-23(21)33(26)17-25-31-22(18-38-25)28(37)32-13-10-19(11-14-32)16-30-24-7-3-4-12-29-24/h1-7,12,18-20H,8-11,13-17H2,(H,29,30)(H,35,36). The zero-order valence-corrected chi connectivity index (χ0v) is 21.9. The Morgan fingerprint density at radius 1 is 1.08 bits per heavy atom. The number of carbonyl (C=O) groups excluding carboxylic acids is 2. The minimum absolute atomic E-state index is 0.00999. The lowest BCUT2D eigenvalue weighted by Crippen LogP contribution is -2.40. The van der Waals surface area contributed by atoms with Crippen molar-refractivity contribution in [1.29, 1.82) is 0 Å². The smallest absolute Gasteiger partial charge is 0.303 e. The van der Waals surface area contributed by atoms with Crippen LogP contribution < -0.4 is 10.2 Å². The Hall–Kier alpha value is -3.79. The average molecular weight is 534 g/mol. The van der Waals surface area contributed by atoms with Crippen molar-refractivity contribution in [2.45, 2.75) is 44.6 Å². The van der Waals surface area contributed by atoms with Gasteiger partial charge >= 0.3 is 5.97 Å². The maximum absolute atomic E-state index is 13.2. The van der Waals surface area contributed by atoms with Crippen LogP contribution in [-0.2, 0) is 16.1 Å². The number of aromatic nitrogens is 2. The number of carboxylic acids is 1. The summed E-state index contributed by atoms with van der Waals surface area (Å²) in [5.74, 6) is 0.119. The van der Waals surface area contributed by atoms with Crippen LogP contribution >= 0.6 is 11.3 Å². The van der Waals surface area contributed by atoms with E-state index in [1.54, 1.807) is 16.5 Å². The number of fused-ring (bicyclic) bond motifs is 1. The fourth-order valence-electron chi connectivity index (χ4n) is 5.23. The van der Waals surface area contributed by atoms with Gasteiger partial charge in [-0.1, -0.05) is 24.3 Å². The Kier molecular flexibility index (Phi) is 7.97. The van der Waals surface area contributed by atoms with E-state index in [4.69, 9.17) is 0 Å². The maximum atomic E-state index is 13.2. The Labute approximate surface area is 225 Å². The van der Waals surface area contributed by atoms with Crippen molar-refractivity contribution in [2.24, 2.45) is 5.92 Å². The van der Waals surface area contributed by atoms with Crippen molar-refractivity contribution in [3.63, 3.8) is 0 Å². The van der Waals surface area contributed by atoms with Gasteiger partial charge in [0.15, 0.2) is 0 Å². The summed E-state index contributed by atoms with van der Waals surface area (Å²) in [6.45, 7) is 2.46. The summed E-state index contributed by atoms with van der Waals surface area (Å²) in [6.07, 6.45) is 4.35. The molecular weight excluding hydrogens is 502 g/mol. The molecule has 0 bridgehead atoms. The van der Waals surface area contributed by atoms with Gasteiger partial charge in [0.05, 0.1) is 13.0 Å². The van der Waals surface area contributed by atoms with Crippen LogP contribution in [-0.4, -0.2) is 57.4 Å². The summed E-state index contributed by atoms with van der Waals surface area (Å²) in [5, 5.41) is 15.2. The van der Waals surface area contributed by atoms with Gasteiger partial charge < -0.3 is 20.2 Å². The zero-order valence-electron chi connectivity index (χ0n) is 21.1. The van der Waals surface area contributed by atoms with Crippen molar-refractivity contribution in [2.75, 3.05) is 29.9 Å². The van der Waals surface area contributed by atoms with Gasteiger partial charge in [0.1, 0.15) is 16.5 Å². The van der Waals surface area contributed by atoms with Gasteiger partial charge in [0, 0.05) is 43.3 Å². The number of carbonyl (C=O) groups is 3. The number of nitrogens with zero attached hydrogens (tertiary/aromatic N) is 4. The highest BCUT2D eigenvalue weighted by Gasteiger charge is 2.30. The largest absolute Gasteiger partial charge is 0.481 e. The summed E-state index contributed by atoms with van der Waals surface area (Å²) in [6, 6.07) is 13.3. The number of benzene rings is 1. The van der Waals surface area contributed by atoms with E-state index in [1.165, 1.54) is 11.3 Å². The number of hydrogen-bond donors (Lipinski definition) is 2. The van der Waals surface area contributed by atoms with Gasteiger partial charge in [0.2, 0.25) is 5.91 Å². The minimum atomic E-state index is -0.873. The lowest BCUT2D eigenvalue weighted by atomic mass is 9.91. The van der Waals surface area contributed by atoms with E-state index in [1.807, 2.05) is 47.4 Å². The fraction of sp³-hybridized carbons (Fsp3) is 0.393. The molecule has 0 aliphatic carbocycles. The summed E-state index contributed by atoms with van der Waals surface area (Å²) >= 11 is 1.37. The van der Waals surface area contributed by atoms with E-state index >= 15 is 0 Å². The van der Waals surface area contributed by atoms with Crippen LogP contribution in [0.1, 0.15) is 59.1 Å². The Bertz CT molecular complexity index is 1290. The van der Waals surface area contributed by atoms with Crippen molar-refractivity contribution >= 4 is 40.6 Å². The molecule has 2 aliphatic heterocycles. The molecule has 1 atom stereocenters. The van der Waals surface area contributed by atoms with Gasteiger partial charge in [-0.3, -0.25) is 14.4 Å². The number of pyridine rings is 1. The van der Waals surface area contributed by atoms with E-state index in [9.17, 15) is 19.5 Å². The van der Waals surface area contributed by atoms with Gasteiger partial charge in [-0.15, -0.1) is 11.3 Å². The number of carboxylic acid groups (broad SMARTS) is 1. The number of hydrogen-bond acceptors (Lipinski definition) is 7. The molecule has 5 rings (SSSR count). The molecule has 10 heteroatoms. The van der Waals surface area contributed by atoms with Crippen LogP contribution in [0.5, 0.6) is 0 Å². The predicted molar refractivity (Wildman–Crippen MR) is 145 cm³/mol. The fourth-order valence-corrected chi connectivity index (χ4v) is 5.99. The Morgan fingerprint density at radius 3 is 2.63 bits per heavy atom. The van der Waals surface area contributed by atoms with Gasteiger partial charge in [0.25, 0.3) is 5.91 Å². The summed E-state index contributed by atoms with van der Waals surface area (Å²) < 4.78 is 0. The van der Waals surface area contributed by atoms with E-state index in [2.05, 4.69) is 15.3 Å². The Balaban J connectivity index is 1.20. The first-order chi connectivity index (χ1) is 18.5. The van der Waals surface area contributed by atoms with Crippen LogP contribution in [0.15, 0.2) is 54.0 Å². The molecule has 0 radical (unpaired) electrons. The lowest BCUT2D eigenvalue weighted by molar-refractivity contribution is -0.137. The highest BCUT2D eigenvalue weighted by molar-refractivity contribution is 7.09. The molecular formula is C28H31N5O4S. The first-order valence-electron chi connectivity index (χ1n) is 13.0. The minimum Gasteiger partial charge on any atom is -0.481 e. The lowest BCUT2D eigenvalue weighted by Gasteiger charge is -2.31. The summed E-state index contributed by atoms with van der Waals surface area (Å²) in [4.78, 5) is 50.1. The third-order valence-corrected chi connectivity index (χ3v) is 8.13. The molecule has 1 aromatic carbocycles. The van der Waals surface area contributed by atoms with Crippen LogP contribution in [0.2, 0.25) is 0 Å². The van der Waals surface area contributed by atoms with Crippen molar-refractivity contribution < 1.29 is 19.5 Å². The van der Waals surface area contributed by atoms with Crippen molar-refractivity contribution in [1.82, 2.24) is 14.9 Å². The molecule has 3 aromatic rings. The molecule has 0 saturated carbocycles. The number of piperidine rings is 1. The number of nitrogens with one attached hydrogen (secondary N) is 1. The van der Waals surface area contributed by atoms with Crippen molar-refractivity contribution in [3.05, 3.63) is 70.3 Å². The molecule has 4 heterocycles. The predicted octanol–water partition coefficient (Wildman–Crippen LogP) is 4.39. The normalized spacial score (nSPS) is 18.1. The highest BCUT2D eigenvalue weighted by atomic mass is 32.1. The molecule has 2 aliphatic rings. The second kappa shape index (κ2) is 11.7. The maximum Gasteiger partial charge on any atom is 0.303 e. The third-order valence-electron chi connectivity index (χ3n) is 7.30. The number of amides is 2. The van der Waals surface area contributed by atoms with E-state index in [0.717, 1.165) is 36.5 Å². The summed E-state index contributed by atoms with van der Waals surface area (Å²) in [5.41, 5.74) is 2.01. The number of aliphatic carboxylic acids is 1. The number of rotatable bonds is 8. The van der Waals surface area contributed by atoms with Crippen LogP contribution in [0.3, 0.4) is 0 Å². The third kappa shape index (κ3) is 6.02. The number of likely N-dealkylation sites (tertiary alicyclic amines) is 1. The molecule has 1 saturated heterocycles. The Morgan fingerprint density at radius 2 is 1.87 bits per heavy atom. The van der Waals surface area contributed by atoms with Crippen LogP contribution in [0.25, 0.3) is 0 Å². The number of anilines is 2. The topological polar surface area (TPSA) is 116 Å². The molecule has 1 fully saturated rings. The number of thiazole rings is 1. The molecule has 2 N–H and O–H groups in total. The van der Waals surface area contributed by atoms with E-state index in [0.29, 0.717) is 36.1 Å². The quantitative estimate of drug-likeness (QED) is 0.441. The molecule has 198 valence electrons. The first kappa shape index (κ1) is 25.8. The molecule has 1 unspecified atom stereocenters. The molecule has 0 spiro atoms. The first-order valence-corrected chi connectivity index (χ1v) is 13.9. The van der Waals surface area contributed by atoms with Crippen LogP contribution in [0.4, 0.5) is 11.5 Å². The van der Waals surface area contributed by atoms with E-state index < -0.39 is 5.97 Å². The van der Waals surface area contributed by atoms with Gasteiger partial charge in [-0.25, -0.2) is 9.97 Å². The van der Waals surface area contributed by atoms with Crippen LogP contribution in [0, 0.1) is 5.92 Å². The van der Waals surface area contributed by atoms with Crippen molar-refractivity contribution in [3.8, 4) is 0 Å². The van der Waals surface area contributed by atoms with E-state index in [-0.39, 0.29) is 37.1 Å². The second-order valence-electron chi connectivity index (χ2n) is 9.83. The SMILES string of the molecule is O=C(O)CC1CCC(=O)N(Cc2nc(C(=O)N3CCC(CNc4ccccn4)CC3)cs2)c2ccccc21.